The second-order valence-corrected chi connectivity index (χ2v) is 6.10. The van der Waals surface area contributed by atoms with Gasteiger partial charge in [0.05, 0.1) is 0 Å². The molecule has 1 aliphatic heterocycles. The minimum absolute atomic E-state index is 0.539. The fourth-order valence-electron chi connectivity index (χ4n) is 1.99. The van der Waals surface area contributed by atoms with Crippen molar-refractivity contribution in [2.45, 2.75) is 18.8 Å². The molecule has 0 N–H and O–H groups in total. The quantitative estimate of drug-likeness (QED) is 0.810. The summed E-state index contributed by atoms with van der Waals surface area (Å²) in [6.45, 7) is 0. The van der Waals surface area contributed by atoms with Crippen LogP contribution in [0.15, 0.2) is 22.8 Å². The molecule has 1 saturated heterocycles. The predicted octanol–water partition coefficient (Wildman–Crippen LogP) is 3.10. The standard InChI is InChI=1S/C11H12BrN3S/c12-9-3-4-10-13-11(14-15(10)6-9)8-2-1-5-16-7-8/h3-4,6,8H,1-2,5,7H2. The Hall–Kier alpha value is -0.550. The van der Waals surface area contributed by atoms with Crippen LogP contribution in [0.3, 0.4) is 0 Å². The van der Waals surface area contributed by atoms with Crippen molar-refractivity contribution in [3.05, 3.63) is 28.6 Å². The van der Waals surface area contributed by atoms with Crippen molar-refractivity contribution in [1.82, 2.24) is 14.6 Å². The number of pyridine rings is 1. The van der Waals surface area contributed by atoms with E-state index in [-0.39, 0.29) is 0 Å². The third-order valence-electron chi connectivity index (χ3n) is 2.84. The van der Waals surface area contributed by atoms with E-state index in [9.17, 15) is 0 Å². The maximum atomic E-state index is 4.60. The van der Waals surface area contributed by atoms with E-state index in [1.807, 2.05) is 34.6 Å². The van der Waals surface area contributed by atoms with Crippen molar-refractivity contribution in [3.63, 3.8) is 0 Å². The Labute approximate surface area is 107 Å². The highest BCUT2D eigenvalue weighted by atomic mass is 79.9. The summed E-state index contributed by atoms with van der Waals surface area (Å²) < 4.78 is 2.90. The van der Waals surface area contributed by atoms with Crippen molar-refractivity contribution in [2.75, 3.05) is 11.5 Å². The van der Waals surface area contributed by atoms with Gasteiger partial charge in [0.25, 0.3) is 0 Å². The summed E-state index contributed by atoms with van der Waals surface area (Å²) in [4.78, 5) is 4.60. The summed E-state index contributed by atoms with van der Waals surface area (Å²) in [5.41, 5.74) is 0.939. The van der Waals surface area contributed by atoms with Crippen molar-refractivity contribution in [3.8, 4) is 0 Å². The van der Waals surface area contributed by atoms with Gasteiger partial charge in [0.15, 0.2) is 11.5 Å². The van der Waals surface area contributed by atoms with Gasteiger partial charge in [0.1, 0.15) is 0 Å². The first-order valence-corrected chi connectivity index (χ1v) is 7.37. The number of rotatable bonds is 1. The largest absolute Gasteiger partial charge is 0.220 e. The molecular formula is C11H12BrN3S. The average molecular weight is 298 g/mol. The third kappa shape index (κ3) is 1.98. The Balaban J connectivity index is 1.97. The molecule has 2 aromatic heterocycles. The first-order valence-electron chi connectivity index (χ1n) is 5.42. The molecule has 1 atom stereocenters. The highest BCUT2D eigenvalue weighted by Crippen LogP contribution is 2.29. The van der Waals surface area contributed by atoms with Gasteiger partial charge in [0, 0.05) is 22.3 Å². The minimum Gasteiger partial charge on any atom is -0.220 e. The van der Waals surface area contributed by atoms with Crippen LogP contribution in [0, 0.1) is 0 Å². The lowest BCUT2D eigenvalue weighted by Crippen LogP contribution is -2.10. The Morgan fingerprint density at radius 1 is 1.44 bits per heavy atom. The van der Waals surface area contributed by atoms with Crippen molar-refractivity contribution in [1.29, 1.82) is 0 Å². The van der Waals surface area contributed by atoms with Crippen LogP contribution in [0.4, 0.5) is 0 Å². The molecule has 1 fully saturated rings. The molecule has 0 radical (unpaired) electrons. The summed E-state index contributed by atoms with van der Waals surface area (Å²) in [5, 5.41) is 4.56. The van der Waals surface area contributed by atoms with E-state index >= 15 is 0 Å². The normalized spacial score (nSPS) is 21.4. The molecule has 84 valence electrons. The van der Waals surface area contributed by atoms with Crippen LogP contribution in [-0.2, 0) is 0 Å². The Bertz CT molecular complexity index is 505. The smallest absolute Gasteiger partial charge is 0.155 e. The molecule has 0 spiro atoms. The minimum atomic E-state index is 0.539. The Morgan fingerprint density at radius 3 is 3.19 bits per heavy atom. The first-order chi connectivity index (χ1) is 7.83. The van der Waals surface area contributed by atoms with Gasteiger partial charge in [-0.05, 0) is 46.7 Å². The second kappa shape index (κ2) is 4.37. The van der Waals surface area contributed by atoms with Crippen LogP contribution < -0.4 is 0 Å². The van der Waals surface area contributed by atoms with Gasteiger partial charge in [-0.15, -0.1) is 0 Å². The lowest BCUT2D eigenvalue weighted by atomic mass is 10.1. The molecule has 1 unspecified atom stereocenters. The van der Waals surface area contributed by atoms with E-state index in [2.05, 4.69) is 26.0 Å². The van der Waals surface area contributed by atoms with Crippen LogP contribution in [0.1, 0.15) is 24.6 Å². The third-order valence-corrected chi connectivity index (χ3v) is 4.52. The molecule has 2 aromatic rings. The lowest BCUT2D eigenvalue weighted by molar-refractivity contribution is 0.622. The van der Waals surface area contributed by atoms with Crippen molar-refractivity contribution in [2.24, 2.45) is 0 Å². The van der Waals surface area contributed by atoms with Gasteiger partial charge in [-0.25, -0.2) is 9.50 Å². The van der Waals surface area contributed by atoms with E-state index in [1.165, 1.54) is 18.6 Å². The van der Waals surface area contributed by atoms with Crippen LogP contribution >= 0.6 is 27.7 Å². The van der Waals surface area contributed by atoms with Gasteiger partial charge < -0.3 is 0 Å². The highest BCUT2D eigenvalue weighted by molar-refractivity contribution is 9.10. The van der Waals surface area contributed by atoms with Gasteiger partial charge >= 0.3 is 0 Å². The first kappa shape index (κ1) is 10.6. The fraction of sp³-hybridized carbons (Fsp3) is 0.455. The molecule has 16 heavy (non-hydrogen) atoms. The van der Waals surface area contributed by atoms with Crippen LogP contribution in [-0.4, -0.2) is 26.1 Å². The van der Waals surface area contributed by atoms with Gasteiger partial charge in [-0.1, -0.05) is 0 Å². The number of hydrogen-bond acceptors (Lipinski definition) is 3. The van der Waals surface area contributed by atoms with E-state index in [0.717, 1.165) is 21.7 Å². The molecule has 0 aromatic carbocycles. The number of nitrogens with zero attached hydrogens (tertiary/aromatic N) is 3. The van der Waals surface area contributed by atoms with Crippen molar-refractivity contribution >= 4 is 33.3 Å². The fourth-order valence-corrected chi connectivity index (χ4v) is 3.46. The monoisotopic (exact) mass is 297 g/mol. The number of thioether (sulfide) groups is 1. The maximum Gasteiger partial charge on any atom is 0.155 e. The summed E-state index contributed by atoms with van der Waals surface area (Å²) in [6, 6.07) is 4.00. The van der Waals surface area contributed by atoms with E-state index in [4.69, 9.17) is 0 Å². The van der Waals surface area contributed by atoms with Gasteiger partial charge in [0.2, 0.25) is 0 Å². The maximum absolute atomic E-state index is 4.60. The summed E-state index contributed by atoms with van der Waals surface area (Å²) >= 11 is 5.46. The summed E-state index contributed by atoms with van der Waals surface area (Å²) in [6.07, 6.45) is 4.47. The number of halogens is 1. The molecule has 0 bridgehead atoms. The molecule has 0 amide bonds. The zero-order valence-electron chi connectivity index (χ0n) is 8.77. The average Bonchev–Trinajstić information content (AvgIpc) is 2.73. The molecule has 0 saturated carbocycles. The molecule has 5 heteroatoms. The van der Waals surface area contributed by atoms with Crippen LogP contribution in [0.25, 0.3) is 5.65 Å². The van der Waals surface area contributed by atoms with Crippen LogP contribution in [0.5, 0.6) is 0 Å². The zero-order valence-corrected chi connectivity index (χ0v) is 11.2. The molecule has 3 heterocycles. The zero-order chi connectivity index (χ0) is 11.0. The Morgan fingerprint density at radius 2 is 2.38 bits per heavy atom. The molecule has 1 aliphatic rings. The predicted molar refractivity (Wildman–Crippen MR) is 70.0 cm³/mol. The number of aromatic nitrogens is 3. The highest BCUT2D eigenvalue weighted by Gasteiger charge is 2.20. The number of hydrogen-bond donors (Lipinski definition) is 0. The molecular weight excluding hydrogens is 286 g/mol. The van der Waals surface area contributed by atoms with Gasteiger partial charge in [-0.2, -0.15) is 16.9 Å². The summed E-state index contributed by atoms with van der Waals surface area (Å²) in [7, 11) is 0. The Kier molecular flexibility index (Phi) is 2.90. The molecule has 0 aliphatic carbocycles. The van der Waals surface area contributed by atoms with E-state index in [0.29, 0.717) is 5.92 Å². The second-order valence-electron chi connectivity index (χ2n) is 4.03. The van der Waals surface area contributed by atoms with Crippen molar-refractivity contribution < 1.29 is 0 Å². The summed E-state index contributed by atoms with van der Waals surface area (Å²) in [5.74, 6) is 4.00. The molecule has 3 nitrogen and oxygen atoms in total. The van der Waals surface area contributed by atoms with Gasteiger partial charge in [-0.3, -0.25) is 0 Å². The lowest BCUT2D eigenvalue weighted by Gasteiger charge is -2.17. The van der Waals surface area contributed by atoms with Crippen LogP contribution in [0.2, 0.25) is 0 Å². The SMILES string of the molecule is Brc1ccc2nc(C3CCCSC3)nn2c1. The molecule has 3 rings (SSSR count). The van der Waals surface area contributed by atoms with E-state index < -0.39 is 0 Å². The topological polar surface area (TPSA) is 30.2 Å². The van der Waals surface area contributed by atoms with E-state index in [1.54, 1.807) is 0 Å². The number of fused-ring (bicyclic) bond motifs is 1.